The third-order valence-corrected chi connectivity index (χ3v) is 3.83. The fourth-order valence-electron chi connectivity index (χ4n) is 2.64. The normalized spacial score (nSPS) is 22.1. The number of hydrogen-bond donors (Lipinski definition) is 1. The summed E-state index contributed by atoms with van der Waals surface area (Å²) in [4.78, 5) is 0. The Kier molecular flexibility index (Phi) is 3.20. The monoisotopic (exact) mass is 240 g/mol. The van der Waals surface area contributed by atoms with E-state index in [4.69, 9.17) is 0 Å². The summed E-state index contributed by atoms with van der Waals surface area (Å²) in [6.07, 6.45) is 3.43. The van der Waals surface area contributed by atoms with Crippen LogP contribution in [0.1, 0.15) is 30.5 Å². The molecule has 2 aromatic rings. The molecule has 94 valence electrons. The molecule has 1 N–H and O–H groups in total. The van der Waals surface area contributed by atoms with Crippen molar-refractivity contribution in [3.63, 3.8) is 0 Å². The predicted molar refractivity (Wildman–Crippen MR) is 74.5 cm³/mol. The van der Waals surface area contributed by atoms with E-state index in [0.29, 0.717) is 6.04 Å². The van der Waals surface area contributed by atoms with Gasteiger partial charge in [-0.15, -0.1) is 0 Å². The molecule has 2 heteroatoms. The molecule has 0 spiro atoms. The van der Waals surface area contributed by atoms with E-state index >= 15 is 0 Å². The largest absolute Gasteiger partial charge is 0.351 e. The summed E-state index contributed by atoms with van der Waals surface area (Å²) < 4.78 is 2.30. The van der Waals surface area contributed by atoms with Gasteiger partial charge in [-0.1, -0.05) is 30.3 Å². The number of aromatic nitrogens is 1. The molecule has 1 aromatic carbocycles. The van der Waals surface area contributed by atoms with Crippen LogP contribution in [0.15, 0.2) is 48.7 Å². The Balaban J connectivity index is 1.55. The average Bonchev–Trinajstić information content (AvgIpc) is 3.06. The fourth-order valence-corrected chi connectivity index (χ4v) is 2.64. The number of nitrogens with zero attached hydrogens (tertiary/aromatic N) is 1. The Morgan fingerprint density at radius 1 is 1.17 bits per heavy atom. The summed E-state index contributed by atoms with van der Waals surface area (Å²) in [5, 5.41) is 3.66. The number of hydrogen-bond acceptors (Lipinski definition) is 1. The van der Waals surface area contributed by atoms with Gasteiger partial charge < -0.3 is 9.88 Å². The first-order valence-corrected chi connectivity index (χ1v) is 6.81. The first-order chi connectivity index (χ1) is 8.88. The molecule has 1 saturated carbocycles. The van der Waals surface area contributed by atoms with Gasteiger partial charge in [0.2, 0.25) is 0 Å². The van der Waals surface area contributed by atoms with E-state index in [9.17, 15) is 0 Å². The van der Waals surface area contributed by atoms with Gasteiger partial charge in [0.1, 0.15) is 0 Å². The maximum atomic E-state index is 3.66. The molecule has 0 amide bonds. The lowest BCUT2D eigenvalue weighted by atomic mass is 10.1. The van der Waals surface area contributed by atoms with Crippen LogP contribution in [0.4, 0.5) is 0 Å². The maximum Gasteiger partial charge on any atom is 0.0361 e. The predicted octanol–water partition coefficient (Wildman–Crippen LogP) is 3.15. The highest BCUT2D eigenvalue weighted by atomic mass is 15.0. The summed E-state index contributed by atoms with van der Waals surface area (Å²) in [5.41, 5.74) is 2.86. The van der Waals surface area contributed by atoms with Crippen LogP contribution in [0.25, 0.3) is 0 Å². The minimum atomic E-state index is 0.660. The lowest BCUT2D eigenvalue weighted by molar-refractivity contribution is 0.618. The highest BCUT2D eigenvalue weighted by Gasteiger charge is 2.37. The Bertz CT molecular complexity index is 501. The van der Waals surface area contributed by atoms with Crippen molar-refractivity contribution in [2.24, 2.45) is 0 Å². The Morgan fingerprint density at radius 3 is 2.78 bits per heavy atom. The van der Waals surface area contributed by atoms with Gasteiger partial charge in [0.15, 0.2) is 0 Å². The molecule has 2 unspecified atom stereocenters. The lowest BCUT2D eigenvalue weighted by Crippen LogP contribution is -2.19. The smallest absolute Gasteiger partial charge is 0.0361 e. The van der Waals surface area contributed by atoms with E-state index in [1.54, 1.807) is 0 Å². The Morgan fingerprint density at radius 2 is 2.00 bits per heavy atom. The SMILES string of the molecule is CCn1cccc1CNC1CC1c1ccccc1. The first-order valence-electron chi connectivity index (χ1n) is 6.81. The number of aryl methyl sites for hydroxylation is 1. The zero-order chi connectivity index (χ0) is 12.4. The van der Waals surface area contributed by atoms with Crippen molar-refractivity contribution in [2.45, 2.75) is 38.4 Å². The van der Waals surface area contributed by atoms with Crippen molar-refractivity contribution in [3.8, 4) is 0 Å². The summed E-state index contributed by atoms with van der Waals surface area (Å²) in [6, 6.07) is 15.8. The average molecular weight is 240 g/mol. The Labute approximate surface area is 109 Å². The van der Waals surface area contributed by atoms with E-state index in [2.05, 4.69) is 65.5 Å². The van der Waals surface area contributed by atoms with Crippen LogP contribution in [0.2, 0.25) is 0 Å². The van der Waals surface area contributed by atoms with Crippen LogP contribution in [0.3, 0.4) is 0 Å². The van der Waals surface area contributed by atoms with E-state index in [1.807, 2.05) is 0 Å². The van der Waals surface area contributed by atoms with Crippen LogP contribution in [0.5, 0.6) is 0 Å². The van der Waals surface area contributed by atoms with Crippen molar-refractivity contribution in [1.29, 1.82) is 0 Å². The molecule has 0 radical (unpaired) electrons. The molecule has 0 bridgehead atoms. The number of nitrogens with one attached hydrogen (secondary N) is 1. The van der Waals surface area contributed by atoms with Crippen molar-refractivity contribution < 1.29 is 0 Å². The molecule has 3 rings (SSSR count). The second kappa shape index (κ2) is 4.99. The summed E-state index contributed by atoms with van der Waals surface area (Å²) >= 11 is 0. The highest BCUT2D eigenvalue weighted by Crippen LogP contribution is 2.40. The van der Waals surface area contributed by atoms with Gasteiger partial charge >= 0.3 is 0 Å². The third-order valence-electron chi connectivity index (χ3n) is 3.83. The van der Waals surface area contributed by atoms with Crippen LogP contribution in [-0.2, 0) is 13.1 Å². The molecule has 0 aliphatic heterocycles. The van der Waals surface area contributed by atoms with Gasteiger partial charge in [-0.3, -0.25) is 0 Å². The van der Waals surface area contributed by atoms with Crippen molar-refractivity contribution >= 4 is 0 Å². The second-order valence-corrected chi connectivity index (χ2v) is 5.03. The van der Waals surface area contributed by atoms with Crippen molar-refractivity contribution in [3.05, 3.63) is 59.9 Å². The van der Waals surface area contributed by atoms with Gasteiger partial charge in [-0.2, -0.15) is 0 Å². The molecule has 1 fully saturated rings. The minimum absolute atomic E-state index is 0.660. The van der Waals surface area contributed by atoms with Gasteiger partial charge in [0.05, 0.1) is 0 Å². The first kappa shape index (κ1) is 11.5. The van der Waals surface area contributed by atoms with Crippen molar-refractivity contribution in [2.75, 3.05) is 0 Å². The second-order valence-electron chi connectivity index (χ2n) is 5.03. The highest BCUT2D eigenvalue weighted by molar-refractivity contribution is 5.27. The molecular formula is C16H20N2. The molecule has 2 nitrogen and oxygen atoms in total. The fraction of sp³-hybridized carbons (Fsp3) is 0.375. The maximum absolute atomic E-state index is 3.66. The number of rotatable bonds is 5. The van der Waals surface area contributed by atoms with E-state index in [-0.39, 0.29) is 0 Å². The van der Waals surface area contributed by atoms with Crippen molar-refractivity contribution in [1.82, 2.24) is 9.88 Å². The van der Waals surface area contributed by atoms with Crippen LogP contribution >= 0.6 is 0 Å². The molecule has 1 heterocycles. The van der Waals surface area contributed by atoms with Crippen LogP contribution in [0, 0.1) is 0 Å². The van der Waals surface area contributed by atoms with Gasteiger partial charge in [-0.25, -0.2) is 0 Å². The standard InChI is InChI=1S/C16H20N2/c1-2-18-10-6-9-14(18)12-17-16-11-15(16)13-7-4-3-5-8-13/h3-10,15-17H,2,11-12H2,1H3. The number of benzene rings is 1. The summed E-state index contributed by atoms with van der Waals surface area (Å²) in [5.74, 6) is 0.719. The van der Waals surface area contributed by atoms with E-state index < -0.39 is 0 Å². The molecule has 2 atom stereocenters. The third kappa shape index (κ3) is 2.34. The molecule has 1 aromatic heterocycles. The van der Waals surface area contributed by atoms with Crippen LogP contribution in [-0.4, -0.2) is 10.6 Å². The topological polar surface area (TPSA) is 17.0 Å². The minimum Gasteiger partial charge on any atom is -0.351 e. The quantitative estimate of drug-likeness (QED) is 0.849. The molecule has 0 saturated heterocycles. The van der Waals surface area contributed by atoms with Gasteiger partial charge in [-0.05, 0) is 31.0 Å². The molecule has 1 aliphatic rings. The zero-order valence-corrected chi connectivity index (χ0v) is 10.8. The molecule has 1 aliphatic carbocycles. The zero-order valence-electron chi connectivity index (χ0n) is 10.8. The van der Waals surface area contributed by atoms with Gasteiger partial charge in [0.25, 0.3) is 0 Å². The summed E-state index contributed by atoms with van der Waals surface area (Å²) in [7, 11) is 0. The van der Waals surface area contributed by atoms with Gasteiger partial charge in [0, 0.05) is 36.9 Å². The molecular weight excluding hydrogens is 220 g/mol. The summed E-state index contributed by atoms with van der Waals surface area (Å²) in [6.45, 7) is 4.22. The molecule has 18 heavy (non-hydrogen) atoms. The van der Waals surface area contributed by atoms with Crippen LogP contribution < -0.4 is 5.32 Å². The lowest BCUT2D eigenvalue weighted by Gasteiger charge is -2.08. The Hall–Kier alpha value is -1.54. The van der Waals surface area contributed by atoms with E-state index in [0.717, 1.165) is 19.0 Å². The van der Waals surface area contributed by atoms with E-state index in [1.165, 1.54) is 17.7 Å².